The number of nitrogens with zero attached hydrogens (tertiary/aromatic N) is 4. The summed E-state index contributed by atoms with van der Waals surface area (Å²) < 4.78 is 5.30. The van der Waals surface area contributed by atoms with Gasteiger partial charge < -0.3 is 9.63 Å². The molecule has 2 fully saturated rings. The van der Waals surface area contributed by atoms with Crippen molar-refractivity contribution >= 4 is 0 Å². The van der Waals surface area contributed by atoms with E-state index in [9.17, 15) is 5.11 Å². The molecule has 20 heavy (non-hydrogen) atoms. The summed E-state index contributed by atoms with van der Waals surface area (Å²) in [6.07, 6.45) is 2.12. The summed E-state index contributed by atoms with van der Waals surface area (Å²) in [6, 6.07) is 0.452. The van der Waals surface area contributed by atoms with Crippen LogP contribution in [0.2, 0.25) is 0 Å². The molecule has 0 bridgehead atoms. The van der Waals surface area contributed by atoms with E-state index in [1.54, 1.807) is 0 Å². The van der Waals surface area contributed by atoms with Crippen LogP contribution in [-0.2, 0) is 6.54 Å². The van der Waals surface area contributed by atoms with Crippen LogP contribution >= 0.6 is 0 Å². The zero-order valence-electron chi connectivity index (χ0n) is 12.3. The Morgan fingerprint density at radius 2 is 2.20 bits per heavy atom. The maximum absolute atomic E-state index is 9.50. The lowest BCUT2D eigenvalue weighted by Crippen LogP contribution is -2.53. The molecule has 6 nitrogen and oxygen atoms in total. The van der Waals surface area contributed by atoms with Crippen LogP contribution in [0.25, 0.3) is 0 Å². The molecule has 2 aliphatic rings. The van der Waals surface area contributed by atoms with E-state index < -0.39 is 0 Å². The lowest BCUT2D eigenvalue weighted by Gasteiger charge is -2.39. The largest absolute Gasteiger partial charge is 0.392 e. The fourth-order valence-corrected chi connectivity index (χ4v) is 2.85. The molecular formula is C14H24N4O2. The molecule has 0 aromatic carbocycles. The van der Waals surface area contributed by atoms with Gasteiger partial charge in [-0.15, -0.1) is 0 Å². The van der Waals surface area contributed by atoms with Crippen LogP contribution in [0.3, 0.4) is 0 Å². The van der Waals surface area contributed by atoms with E-state index >= 15 is 0 Å². The van der Waals surface area contributed by atoms with Crippen LogP contribution in [0.15, 0.2) is 4.52 Å². The Morgan fingerprint density at radius 3 is 2.85 bits per heavy atom. The lowest BCUT2D eigenvalue weighted by molar-refractivity contribution is 0.0411. The Morgan fingerprint density at radius 1 is 1.40 bits per heavy atom. The average Bonchev–Trinajstić information content (AvgIpc) is 3.14. The van der Waals surface area contributed by atoms with Gasteiger partial charge in [-0.3, -0.25) is 9.80 Å². The van der Waals surface area contributed by atoms with E-state index in [1.807, 2.05) is 6.92 Å². The third-order valence-corrected chi connectivity index (χ3v) is 4.12. The van der Waals surface area contributed by atoms with Crippen molar-refractivity contribution < 1.29 is 9.63 Å². The number of rotatable bonds is 5. The van der Waals surface area contributed by atoms with Gasteiger partial charge in [0, 0.05) is 38.1 Å². The summed E-state index contributed by atoms with van der Waals surface area (Å²) in [5.41, 5.74) is 0. The highest BCUT2D eigenvalue weighted by Gasteiger charge is 2.30. The van der Waals surface area contributed by atoms with E-state index in [0.29, 0.717) is 12.0 Å². The van der Waals surface area contributed by atoms with Crippen molar-refractivity contribution in [2.45, 2.75) is 51.3 Å². The van der Waals surface area contributed by atoms with Crippen molar-refractivity contribution in [3.8, 4) is 0 Å². The van der Waals surface area contributed by atoms with Crippen molar-refractivity contribution in [2.75, 3.05) is 26.2 Å². The van der Waals surface area contributed by atoms with Gasteiger partial charge in [0.15, 0.2) is 5.82 Å². The van der Waals surface area contributed by atoms with Gasteiger partial charge in [0.25, 0.3) is 0 Å². The van der Waals surface area contributed by atoms with Crippen LogP contribution < -0.4 is 0 Å². The molecule has 1 aliphatic carbocycles. The molecule has 112 valence electrons. The minimum atomic E-state index is -0.262. The second-order valence-corrected chi connectivity index (χ2v) is 6.25. The van der Waals surface area contributed by atoms with Crippen molar-refractivity contribution in [3.05, 3.63) is 11.7 Å². The van der Waals surface area contributed by atoms with E-state index in [0.717, 1.165) is 44.4 Å². The highest BCUT2D eigenvalue weighted by molar-refractivity contribution is 5.01. The summed E-state index contributed by atoms with van der Waals surface area (Å²) in [7, 11) is 0. The SMILES string of the molecule is C[C@H](O)CN1CCN(Cc2noc(C3CC3)n2)C[C@@H]1C. The smallest absolute Gasteiger partial charge is 0.229 e. The molecule has 1 aromatic rings. The van der Waals surface area contributed by atoms with Gasteiger partial charge in [-0.2, -0.15) is 4.98 Å². The number of hydrogen-bond acceptors (Lipinski definition) is 6. The number of hydrogen-bond donors (Lipinski definition) is 1. The second-order valence-electron chi connectivity index (χ2n) is 6.25. The lowest BCUT2D eigenvalue weighted by atomic mass is 10.1. The zero-order valence-corrected chi connectivity index (χ0v) is 12.3. The Bertz CT molecular complexity index is 444. The Hall–Kier alpha value is -0.980. The number of β-amino-alcohol motifs (C(OH)–C–C–N with tert-alkyl or cyclic N) is 1. The molecule has 1 aromatic heterocycles. The maximum atomic E-state index is 9.50. The normalized spacial score (nSPS) is 26.9. The first-order valence-electron chi connectivity index (χ1n) is 7.58. The molecule has 0 radical (unpaired) electrons. The molecule has 3 rings (SSSR count). The molecule has 1 saturated heterocycles. The van der Waals surface area contributed by atoms with Crippen LogP contribution in [0.5, 0.6) is 0 Å². The second kappa shape index (κ2) is 5.79. The van der Waals surface area contributed by atoms with Gasteiger partial charge >= 0.3 is 0 Å². The van der Waals surface area contributed by atoms with Crippen molar-refractivity contribution in [2.24, 2.45) is 0 Å². The summed E-state index contributed by atoms with van der Waals surface area (Å²) in [4.78, 5) is 9.19. The highest BCUT2D eigenvalue weighted by atomic mass is 16.5. The summed E-state index contributed by atoms with van der Waals surface area (Å²) in [5, 5.41) is 13.6. The van der Waals surface area contributed by atoms with E-state index in [1.165, 1.54) is 12.8 Å². The highest BCUT2D eigenvalue weighted by Crippen LogP contribution is 2.38. The van der Waals surface area contributed by atoms with E-state index in [2.05, 4.69) is 26.9 Å². The third kappa shape index (κ3) is 3.37. The molecule has 6 heteroatoms. The Labute approximate surface area is 119 Å². The first-order chi connectivity index (χ1) is 9.61. The van der Waals surface area contributed by atoms with Crippen LogP contribution in [0.4, 0.5) is 0 Å². The average molecular weight is 280 g/mol. The summed E-state index contributed by atoms with van der Waals surface area (Å²) >= 11 is 0. The molecule has 0 unspecified atom stereocenters. The molecule has 0 amide bonds. The zero-order chi connectivity index (χ0) is 14.1. The summed E-state index contributed by atoms with van der Waals surface area (Å²) in [5.74, 6) is 2.15. The van der Waals surface area contributed by atoms with Crippen molar-refractivity contribution in [1.82, 2.24) is 19.9 Å². The monoisotopic (exact) mass is 280 g/mol. The van der Waals surface area contributed by atoms with Gasteiger partial charge in [-0.05, 0) is 26.7 Å². The van der Waals surface area contributed by atoms with E-state index in [-0.39, 0.29) is 6.10 Å². The molecular weight excluding hydrogens is 256 g/mol. The minimum absolute atomic E-state index is 0.262. The summed E-state index contributed by atoms with van der Waals surface area (Å²) in [6.45, 7) is 8.54. The number of aliphatic hydroxyl groups excluding tert-OH is 1. The minimum Gasteiger partial charge on any atom is -0.392 e. The van der Waals surface area contributed by atoms with Crippen LogP contribution in [-0.4, -0.2) is 63.4 Å². The van der Waals surface area contributed by atoms with E-state index in [4.69, 9.17) is 4.52 Å². The number of aromatic nitrogens is 2. The fraction of sp³-hybridized carbons (Fsp3) is 0.857. The molecule has 2 atom stereocenters. The van der Waals surface area contributed by atoms with Crippen molar-refractivity contribution in [3.63, 3.8) is 0 Å². The van der Waals surface area contributed by atoms with Gasteiger partial charge in [0.2, 0.25) is 5.89 Å². The molecule has 1 N–H and O–H groups in total. The standard InChI is InChI=1S/C14H24N4O2/c1-10-7-17(5-6-18(10)8-11(2)19)9-13-15-14(20-16-13)12-3-4-12/h10-12,19H,3-9H2,1-2H3/t10-,11-/m0/s1. The van der Waals surface area contributed by atoms with Crippen LogP contribution in [0.1, 0.15) is 44.3 Å². The van der Waals surface area contributed by atoms with Crippen molar-refractivity contribution in [1.29, 1.82) is 0 Å². The predicted molar refractivity (Wildman–Crippen MR) is 74.3 cm³/mol. The third-order valence-electron chi connectivity index (χ3n) is 4.12. The quantitative estimate of drug-likeness (QED) is 0.862. The molecule has 0 spiro atoms. The Balaban J connectivity index is 1.51. The first-order valence-corrected chi connectivity index (χ1v) is 7.58. The fourth-order valence-electron chi connectivity index (χ4n) is 2.85. The Kier molecular flexibility index (Phi) is 4.05. The first kappa shape index (κ1) is 14.0. The van der Waals surface area contributed by atoms with Gasteiger partial charge in [0.1, 0.15) is 0 Å². The van der Waals surface area contributed by atoms with Gasteiger partial charge in [-0.1, -0.05) is 5.16 Å². The number of aliphatic hydroxyl groups is 1. The topological polar surface area (TPSA) is 65.6 Å². The number of piperazine rings is 1. The maximum Gasteiger partial charge on any atom is 0.229 e. The molecule has 2 heterocycles. The van der Waals surface area contributed by atoms with Crippen LogP contribution in [0, 0.1) is 0 Å². The van der Waals surface area contributed by atoms with Gasteiger partial charge in [0.05, 0.1) is 12.6 Å². The predicted octanol–water partition coefficient (Wildman–Crippen LogP) is 0.834. The molecule has 1 saturated carbocycles. The molecule has 1 aliphatic heterocycles. The van der Waals surface area contributed by atoms with Gasteiger partial charge in [-0.25, -0.2) is 0 Å².